The largest absolute Gasteiger partial charge is 0.477 e. The highest BCUT2D eigenvalue weighted by molar-refractivity contribution is 7.47. The van der Waals surface area contributed by atoms with E-state index in [0.29, 0.717) is 0 Å². The molecule has 33 heavy (non-hydrogen) atoms. The molecule has 192 valence electrons. The highest BCUT2D eigenvalue weighted by Crippen LogP contribution is 2.49. The minimum absolute atomic E-state index is 0.719. The van der Waals surface area contributed by atoms with Gasteiger partial charge >= 0.3 is 7.82 Å². The number of amides is 2. The van der Waals surface area contributed by atoms with Crippen LogP contribution in [-0.2, 0) is 32.7 Å². The number of aliphatic hydroxyl groups excluding tert-OH is 6. The van der Waals surface area contributed by atoms with Crippen LogP contribution in [0.2, 0.25) is 0 Å². The van der Waals surface area contributed by atoms with Crippen molar-refractivity contribution < 1.29 is 68.2 Å². The predicted molar refractivity (Wildman–Crippen MR) is 103 cm³/mol. The van der Waals surface area contributed by atoms with Crippen molar-refractivity contribution in [1.82, 2.24) is 10.6 Å². The summed E-state index contributed by atoms with van der Waals surface area (Å²) in [5.74, 6) is -1.44. The van der Waals surface area contributed by atoms with Crippen molar-refractivity contribution in [2.24, 2.45) is 0 Å². The van der Waals surface area contributed by atoms with Crippen molar-refractivity contribution in [2.75, 3.05) is 13.2 Å². The number of phosphoric ester groups is 1. The molecule has 2 rings (SSSR count). The number of hydrogen-bond donors (Lipinski definition) is 9. The lowest BCUT2D eigenvalue weighted by molar-refractivity contribution is -0.264. The van der Waals surface area contributed by atoms with Gasteiger partial charge in [0.25, 0.3) is 0 Å². The highest BCUT2D eigenvalue weighted by Gasteiger charge is 2.51. The van der Waals surface area contributed by atoms with E-state index in [9.17, 15) is 49.7 Å². The second-order valence-electron chi connectivity index (χ2n) is 7.55. The monoisotopic (exact) mass is 504 g/mol. The Morgan fingerprint density at radius 3 is 1.39 bits per heavy atom. The van der Waals surface area contributed by atoms with E-state index in [1.54, 1.807) is 0 Å². The molecule has 0 aromatic rings. The smallest absolute Gasteiger partial charge is 0.394 e. The summed E-state index contributed by atoms with van der Waals surface area (Å²) in [7, 11) is -5.26. The summed E-state index contributed by atoms with van der Waals surface area (Å²) in [6, 6.07) is -3.14. The predicted octanol–water partition coefficient (Wildman–Crippen LogP) is -4.99. The molecule has 2 aliphatic rings. The van der Waals surface area contributed by atoms with Crippen LogP contribution in [0.1, 0.15) is 13.8 Å². The first-order valence-electron chi connectivity index (χ1n) is 9.80. The number of nitrogens with one attached hydrogen (secondary N) is 2. The second kappa shape index (κ2) is 11.4. The van der Waals surface area contributed by atoms with E-state index in [0.717, 1.165) is 13.8 Å². The van der Waals surface area contributed by atoms with Crippen LogP contribution in [0.25, 0.3) is 0 Å². The van der Waals surface area contributed by atoms with Crippen LogP contribution in [0.5, 0.6) is 0 Å². The van der Waals surface area contributed by atoms with E-state index in [1.807, 2.05) is 0 Å². The molecule has 5 unspecified atom stereocenters. The van der Waals surface area contributed by atoms with Crippen LogP contribution in [0.4, 0.5) is 0 Å². The highest BCUT2D eigenvalue weighted by atomic mass is 31.2. The summed E-state index contributed by atoms with van der Waals surface area (Å²) in [5, 5.41) is 63.5. The maximum absolute atomic E-state index is 12.7. The number of ether oxygens (including phenoxy) is 2. The molecule has 17 heteroatoms. The Bertz CT molecular complexity index is 686. The fraction of sp³-hybridized carbons (Fsp3) is 0.875. The van der Waals surface area contributed by atoms with Gasteiger partial charge in [0, 0.05) is 13.8 Å². The first-order valence-corrected chi connectivity index (χ1v) is 11.3. The van der Waals surface area contributed by atoms with E-state index in [-0.39, 0.29) is 0 Å². The fourth-order valence-corrected chi connectivity index (χ4v) is 4.34. The van der Waals surface area contributed by atoms with Gasteiger partial charge in [-0.25, -0.2) is 4.57 Å². The summed E-state index contributed by atoms with van der Waals surface area (Å²) >= 11 is 0. The lowest BCUT2D eigenvalue weighted by atomic mass is 9.97. The van der Waals surface area contributed by atoms with Crippen LogP contribution < -0.4 is 10.6 Å². The Labute approximate surface area is 187 Å². The van der Waals surface area contributed by atoms with Gasteiger partial charge in [0.05, 0.1) is 13.2 Å². The Balaban J connectivity index is 2.24. The van der Waals surface area contributed by atoms with Crippen molar-refractivity contribution in [1.29, 1.82) is 0 Å². The van der Waals surface area contributed by atoms with E-state index in [2.05, 4.69) is 10.6 Å². The van der Waals surface area contributed by atoms with E-state index in [4.69, 9.17) is 18.5 Å². The summed E-state index contributed by atoms with van der Waals surface area (Å²) in [6.07, 6.45) is -13.7. The topological polar surface area (TPSA) is 254 Å². The Hall–Kier alpha value is -1.27. The zero-order chi connectivity index (χ0) is 25.1. The van der Waals surface area contributed by atoms with Gasteiger partial charge < -0.3 is 55.6 Å². The maximum Gasteiger partial charge on any atom is 0.477 e. The van der Waals surface area contributed by atoms with Crippen molar-refractivity contribution in [3.8, 4) is 0 Å². The van der Waals surface area contributed by atoms with Crippen LogP contribution >= 0.6 is 7.82 Å². The summed E-state index contributed by atoms with van der Waals surface area (Å²) in [6.45, 7) is 0.470. The van der Waals surface area contributed by atoms with Gasteiger partial charge in [-0.05, 0) is 0 Å². The third-order valence-corrected chi connectivity index (χ3v) is 5.92. The lowest BCUT2D eigenvalue weighted by Crippen LogP contribution is -2.65. The molecule has 0 aromatic heterocycles. The Kier molecular flexibility index (Phi) is 9.70. The number of hydrogen-bond acceptors (Lipinski definition) is 13. The quantitative estimate of drug-likeness (QED) is 0.140. The molecule has 0 aliphatic carbocycles. The van der Waals surface area contributed by atoms with Gasteiger partial charge in [0.15, 0.2) is 12.6 Å². The number of aliphatic hydroxyl groups is 6. The first-order chi connectivity index (χ1) is 15.3. The molecule has 16 nitrogen and oxygen atoms in total. The standard InChI is InChI=1S/C16H29N2O14P/c1-5(21)17-9-13(25)11(23)7(3-19)29-15(9)31-33(27,28)32-16-10(18-6(2)22)14(26)12(24)8(4-20)30-16/h7-16,19-20,23-26H,3-4H2,1-2H3,(H,17,21)(H,18,22)(H,27,28)/t7-,8?,9-,10?,11?,12-,13?,14-,15+,16-/m1/s1. The molecular formula is C16H29N2O14P. The SMILES string of the molecule is CC(=O)NC1[C@@H](OP(=O)(O)O[C@@H]2O[C@H](CO)C(O)C(O)[C@H]2NC(C)=O)OC(CO)[C@@H](O)[C@@H]1O. The van der Waals surface area contributed by atoms with Crippen LogP contribution in [0, 0.1) is 0 Å². The molecule has 9 N–H and O–H groups in total. The first kappa shape index (κ1) is 28.0. The molecule has 11 atom stereocenters. The fourth-order valence-electron chi connectivity index (χ4n) is 3.41. The third kappa shape index (κ3) is 6.88. The van der Waals surface area contributed by atoms with Crippen molar-refractivity contribution in [3.05, 3.63) is 0 Å². The number of phosphoric acid groups is 1. The molecule has 2 heterocycles. The summed E-state index contributed by atoms with van der Waals surface area (Å²) in [5.41, 5.74) is 0. The molecule has 2 amide bonds. The summed E-state index contributed by atoms with van der Waals surface area (Å²) in [4.78, 5) is 33.2. The van der Waals surface area contributed by atoms with Crippen LogP contribution in [0.3, 0.4) is 0 Å². The van der Waals surface area contributed by atoms with Gasteiger partial charge in [-0.2, -0.15) is 0 Å². The average Bonchev–Trinajstić information content (AvgIpc) is 2.72. The zero-order valence-corrected chi connectivity index (χ0v) is 18.5. The molecule has 0 bridgehead atoms. The lowest BCUT2D eigenvalue weighted by Gasteiger charge is -2.44. The van der Waals surface area contributed by atoms with Gasteiger partial charge in [-0.3, -0.25) is 18.6 Å². The molecule has 0 aromatic carbocycles. The molecule has 2 fully saturated rings. The van der Waals surface area contributed by atoms with E-state index in [1.165, 1.54) is 0 Å². The van der Waals surface area contributed by atoms with Crippen LogP contribution in [0.15, 0.2) is 0 Å². The molecule has 0 spiro atoms. The van der Waals surface area contributed by atoms with Crippen molar-refractivity contribution >= 4 is 19.6 Å². The maximum atomic E-state index is 12.7. The second-order valence-corrected chi connectivity index (χ2v) is 8.90. The van der Waals surface area contributed by atoms with Crippen molar-refractivity contribution in [2.45, 2.75) is 75.1 Å². The van der Waals surface area contributed by atoms with Gasteiger partial charge in [0.2, 0.25) is 11.8 Å². The molecule has 2 aliphatic heterocycles. The van der Waals surface area contributed by atoms with E-state index >= 15 is 0 Å². The van der Waals surface area contributed by atoms with Gasteiger partial charge in [0.1, 0.15) is 48.7 Å². The zero-order valence-electron chi connectivity index (χ0n) is 17.6. The number of rotatable bonds is 8. The van der Waals surface area contributed by atoms with Crippen LogP contribution in [-0.4, -0.2) is 122 Å². The molecule has 0 radical (unpaired) electrons. The normalized spacial score (nSPS) is 41.1. The average molecular weight is 504 g/mol. The van der Waals surface area contributed by atoms with E-state index < -0.39 is 94.1 Å². The van der Waals surface area contributed by atoms with Gasteiger partial charge in [-0.15, -0.1) is 0 Å². The summed E-state index contributed by atoms with van der Waals surface area (Å²) < 4.78 is 32.9. The van der Waals surface area contributed by atoms with Crippen molar-refractivity contribution in [3.63, 3.8) is 0 Å². The van der Waals surface area contributed by atoms with Gasteiger partial charge in [-0.1, -0.05) is 0 Å². The molecule has 2 saturated heterocycles. The Morgan fingerprint density at radius 1 is 0.788 bits per heavy atom. The third-order valence-electron chi connectivity index (χ3n) is 4.98. The number of carbonyl (C=O) groups excluding carboxylic acids is 2. The molecule has 0 saturated carbocycles. The minimum Gasteiger partial charge on any atom is -0.394 e. The Morgan fingerprint density at radius 2 is 1.12 bits per heavy atom. The number of carbonyl (C=O) groups is 2. The minimum atomic E-state index is -5.26. The molecular weight excluding hydrogens is 475 g/mol.